The highest BCUT2D eigenvalue weighted by Gasteiger charge is 2.18. The maximum atomic E-state index is 13.3. The van der Waals surface area contributed by atoms with Gasteiger partial charge in [0.25, 0.3) is 0 Å². The molecule has 1 aromatic carbocycles. The maximum Gasteiger partial charge on any atom is 0.320 e. The van der Waals surface area contributed by atoms with Crippen molar-refractivity contribution in [1.29, 1.82) is 0 Å². The van der Waals surface area contributed by atoms with Crippen LogP contribution in [0.1, 0.15) is 25.8 Å². The summed E-state index contributed by atoms with van der Waals surface area (Å²) in [5.74, 6) is -2.06. The number of carboxylic acid groups (broad SMARTS) is 1. The lowest BCUT2D eigenvalue weighted by atomic mass is 10.0. The van der Waals surface area contributed by atoms with Crippen LogP contribution in [0.25, 0.3) is 0 Å². The molecule has 5 heteroatoms. The zero-order valence-electron chi connectivity index (χ0n) is 10.4. The molecule has 0 aliphatic rings. The van der Waals surface area contributed by atoms with E-state index in [-0.39, 0.29) is 18.0 Å². The van der Waals surface area contributed by atoms with E-state index in [0.717, 1.165) is 12.1 Å². The van der Waals surface area contributed by atoms with Gasteiger partial charge in [0, 0.05) is 18.2 Å². The topological polar surface area (TPSA) is 49.3 Å². The number of aliphatic carboxylic acids is 1. The maximum absolute atomic E-state index is 13.3. The second kappa shape index (κ2) is 6.44. The quantitative estimate of drug-likeness (QED) is 0.823. The summed E-state index contributed by atoms with van der Waals surface area (Å²) in [6.45, 7) is 3.89. The second-order valence-corrected chi connectivity index (χ2v) is 4.64. The van der Waals surface area contributed by atoms with Crippen molar-refractivity contribution in [3.63, 3.8) is 0 Å². The van der Waals surface area contributed by atoms with Gasteiger partial charge >= 0.3 is 5.97 Å². The van der Waals surface area contributed by atoms with Crippen molar-refractivity contribution >= 4 is 5.97 Å². The molecule has 0 radical (unpaired) electrons. The van der Waals surface area contributed by atoms with Gasteiger partial charge in [-0.2, -0.15) is 0 Å². The highest BCUT2D eigenvalue weighted by molar-refractivity contribution is 5.73. The lowest BCUT2D eigenvalue weighted by Gasteiger charge is -2.16. The molecule has 0 aromatic heterocycles. The Morgan fingerprint density at radius 2 is 2.06 bits per heavy atom. The average molecular weight is 257 g/mol. The van der Waals surface area contributed by atoms with Gasteiger partial charge in [-0.1, -0.05) is 19.9 Å². The Balaban J connectivity index is 2.64. The van der Waals surface area contributed by atoms with Gasteiger partial charge in [-0.15, -0.1) is 0 Å². The van der Waals surface area contributed by atoms with Crippen LogP contribution in [0.15, 0.2) is 18.2 Å². The molecule has 2 N–H and O–H groups in total. The summed E-state index contributed by atoms with van der Waals surface area (Å²) in [5, 5.41) is 11.8. The molecule has 1 unspecified atom stereocenters. The molecular weight excluding hydrogens is 240 g/mol. The number of rotatable bonds is 6. The minimum absolute atomic E-state index is 0.0653. The monoisotopic (exact) mass is 257 g/mol. The summed E-state index contributed by atoms with van der Waals surface area (Å²) in [6, 6.07) is 2.52. The number of halogens is 2. The highest BCUT2D eigenvalue weighted by Crippen LogP contribution is 2.11. The predicted octanol–water partition coefficient (Wildman–Crippen LogP) is 2.55. The van der Waals surface area contributed by atoms with Gasteiger partial charge in [-0.25, -0.2) is 8.78 Å². The zero-order chi connectivity index (χ0) is 13.7. The molecule has 0 fully saturated rings. The van der Waals surface area contributed by atoms with Crippen LogP contribution < -0.4 is 5.32 Å². The summed E-state index contributed by atoms with van der Waals surface area (Å²) in [4.78, 5) is 11.0. The molecule has 1 rings (SSSR count). The Labute approximate surface area is 105 Å². The number of benzene rings is 1. The molecule has 0 heterocycles. The van der Waals surface area contributed by atoms with E-state index >= 15 is 0 Å². The fraction of sp³-hybridized carbons (Fsp3) is 0.462. The second-order valence-electron chi connectivity index (χ2n) is 4.64. The van der Waals surface area contributed by atoms with E-state index in [1.807, 2.05) is 13.8 Å². The number of nitrogens with one attached hydrogen (secondary N) is 1. The number of carbonyl (C=O) groups is 1. The number of hydrogen-bond donors (Lipinski definition) is 2. The predicted molar refractivity (Wildman–Crippen MR) is 64.1 cm³/mol. The molecule has 18 heavy (non-hydrogen) atoms. The number of carboxylic acids is 1. The summed E-state index contributed by atoms with van der Waals surface area (Å²) in [7, 11) is 0. The molecule has 0 saturated carbocycles. The van der Waals surface area contributed by atoms with E-state index in [1.54, 1.807) is 0 Å². The van der Waals surface area contributed by atoms with E-state index in [1.165, 1.54) is 6.07 Å². The van der Waals surface area contributed by atoms with Crippen LogP contribution in [0.3, 0.4) is 0 Å². The molecule has 0 aliphatic carbocycles. The average Bonchev–Trinajstić information content (AvgIpc) is 2.25. The van der Waals surface area contributed by atoms with Crippen molar-refractivity contribution in [2.75, 3.05) is 0 Å². The lowest BCUT2D eigenvalue weighted by molar-refractivity contribution is -0.140. The van der Waals surface area contributed by atoms with Gasteiger partial charge < -0.3 is 10.4 Å². The van der Waals surface area contributed by atoms with Gasteiger partial charge in [-0.05, 0) is 18.4 Å². The van der Waals surface area contributed by atoms with E-state index < -0.39 is 23.6 Å². The van der Waals surface area contributed by atoms with E-state index in [9.17, 15) is 13.6 Å². The molecule has 0 saturated heterocycles. The summed E-state index contributed by atoms with van der Waals surface area (Å²) in [5.41, 5.74) is 0.256. The fourth-order valence-electron chi connectivity index (χ4n) is 1.64. The smallest absolute Gasteiger partial charge is 0.320 e. The van der Waals surface area contributed by atoms with Crippen molar-refractivity contribution in [2.45, 2.75) is 32.9 Å². The Kier molecular flexibility index (Phi) is 5.22. The molecule has 0 amide bonds. The van der Waals surface area contributed by atoms with Crippen LogP contribution in [-0.4, -0.2) is 17.1 Å². The first-order valence-electron chi connectivity index (χ1n) is 5.80. The summed E-state index contributed by atoms with van der Waals surface area (Å²) < 4.78 is 26.0. The van der Waals surface area contributed by atoms with Gasteiger partial charge in [0.1, 0.15) is 17.7 Å². The van der Waals surface area contributed by atoms with Gasteiger partial charge in [-0.3, -0.25) is 4.79 Å². The SMILES string of the molecule is CC(C)CC(NCc1ccc(F)cc1F)C(=O)O. The minimum atomic E-state index is -0.966. The third-order valence-corrected chi connectivity index (χ3v) is 2.56. The van der Waals surface area contributed by atoms with Crippen LogP contribution in [0.2, 0.25) is 0 Å². The number of hydrogen-bond acceptors (Lipinski definition) is 2. The Hall–Kier alpha value is -1.49. The first-order valence-corrected chi connectivity index (χ1v) is 5.80. The zero-order valence-corrected chi connectivity index (χ0v) is 10.4. The van der Waals surface area contributed by atoms with E-state index in [0.29, 0.717) is 6.42 Å². The lowest BCUT2D eigenvalue weighted by Crippen LogP contribution is -2.37. The summed E-state index contributed by atoms with van der Waals surface area (Å²) >= 11 is 0. The van der Waals surface area contributed by atoms with E-state index in [4.69, 9.17) is 5.11 Å². The van der Waals surface area contributed by atoms with Crippen molar-refractivity contribution in [2.24, 2.45) is 5.92 Å². The van der Waals surface area contributed by atoms with E-state index in [2.05, 4.69) is 5.32 Å². The fourth-order valence-corrected chi connectivity index (χ4v) is 1.64. The molecule has 0 aliphatic heterocycles. The molecule has 0 bridgehead atoms. The standard InChI is InChI=1S/C13H17F2NO2/c1-8(2)5-12(13(17)18)16-7-9-3-4-10(14)6-11(9)15/h3-4,6,8,12,16H,5,7H2,1-2H3,(H,17,18). The Morgan fingerprint density at radius 3 is 2.56 bits per heavy atom. The van der Waals surface area contributed by atoms with Crippen LogP contribution in [0.4, 0.5) is 8.78 Å². The molecule has 3 nitrogen and oxygen atoms in total. The minimum Gasteiger partial charge on any atom is -0.480 e. The van der Waals surface area contributed by atoms with Crippen molar-refractivity contribution in [3.8, 4) is 0 Å². The Morgan fingerprint density at radius 1 is 1.39 bits per heavy atom. The largest absolute Gasteiger partial charge is 0.480 e. The van der Waals surface area contributed by atoms with Gasteiger partial charge in [0.2, 0.25) is 0 Å². The molecule has 0 spiro atoms. The van der Waals surface area contributed by atoms with Crippen LogP contribution in [0.5, 0.6) is 0 Å². The van der Waals surface area contributed by atoms with Crippen LogP contribution in [-0.2, 0) is 11.3 Å². The third-order valence-electron chi connectivity index (χ3n) is 2.56. The first kappa shape index (κ1) is 14.6. The summed E-state index contributed by atoms with van der Waals surface area (Å²) in [6.07, 6.45) is 0.456. The van der Waals surface area contributed by atoms with Crippen molar-refractivity contribution in [3.05, 3.63) is 35.4 Å². The third kappa shape index (κ3) is 4.41. The van der Waals surface area contributed by atoms with Crippen molar-refractivity contribution < 1.29 is 18.7 Å². The first-order chi connectivity index (χ1) is 8.40. The molecule has 1 atom stereocenters. The van der Waals surface area contributed by atoms with Gasteiger partial charge in [0.05, 0.1) is 0 Å². The molecule has 1 aromatic rings. The van der Waals surface area contributed by atoms with Crippen molar-refractivity contribution in [1.82, 2.24) is 5.32 Å². The molecular formula is C13H17F2NO2. The van der Waals surface area contributed by atoms with Crippen LogP contribution in [0, 0.1) is 17.6 Å². The normalized spacial score (nSPS) is 12.7. The highest BCUT2D eigenvalue weighted by atomic mass is 19.1. The van der Waals surface area contributed by atoms with Gasteiger partial charge in [0.15, 0.2) is 0 Å². The molecule has 100 valence electrons. The Bertz CT molecular complexity index is 421. The van der Waals surface area contributed by atoms with Crippen LogP contribution >= 0.6 is 0 Å².